The van der Waals surface area contributed by atoms with Gasteiger partial charge in [-0.25, -0.2) is 0 Å². The van der Waals surface area contributed by atoms with Crippen molar-refractivity contribution in [2.45, 2.75) is 19.6 Å². The number of nitrogens with zero attached hydrogens (tertiary/aromatic N) is 2. The molecule has 2 fully saturated rings. The lowest BCUT2D eigenvalue weighted by Gasteiger charge is -2.53. The lowest BCUT2D eigenvalue weighted by Crippen LogP contribution is -2.65. The average Bonchev–Trinajstić information content (AvgIpc) is 2.36. The number of ether oxygens (including phenoxy) is 2. The number of halogens is 1. The summed E-state index contributed by atoms with van der Waals surface area (Å²) >= 11 is 3.33. The highest BCUT2D eigenvalue weighted by Gasteiger charge is 2.50. The molecule has 0 radical (unpaired) electrons. The van der Waals surface area contributed by atoms with Gasteiger partial charge in [0.15, 0.2) is 5.79 Å². The van der Waals surface area contributed by atoms with Gasteiger partial charge in [0.1, 0.15) is 0 Å². The molecule has 20 heavy (non-hydrogen) atoms. The lowest BCUT2D eigenvalue weighted by molar-refractivity contribution is -0.301. The van der Waals surface area contributed by atoms with Crippen LogP contribution in [-0.2, 0) is 9.47 Å². The van der Waals surface area contributed by atoms with Gasteiger partial charge in [-0.2, -0.15) is 0 Å². The van der Waals surface area contributed by atoms with Gasteiger partial charge in [0.2, 0.25) is 0 Å². The molecule has 1 amide bonds. The van der Waals surface area contributed by atoms with E-state index in [1.807, 2.05) is 18.7 Å². The summed E-state index contributed by atoms with van der Waals surface area (Å²) in [5, 5.41) is 0. The van der Waals surface area contributed by atoms with Crippen molar-refractivity contribution in [3.63, 3.8) is 0 Å². The molecule has 3 rings (SSSR count). The van der Waals surface area contributed by atoms with E-state index in [0.717, 1.165) is 4.47 Å². The first-order valence-electron chi connectivity index (χ1n) is 6.57. The Hall–Kier alpha value is -0.980. The third kappa shape index (κ3) is 2.60. The first kappa shape index (κ1) is 14.0. The summed E-state index contributed by atoms with van der Waals surface area (Å²) in [5.41, 5.74) is 0.567. The summed E-state index contributed by atoms with van der Waals surface area (Å²) in [6.07, 6.45) is 3.26. The van der Waals surface area contributed by atoms with E-state index in [2.05, 4.69) is 20.9 Å². The van der Waals surface area contributed by atoms with Crippen LogP contribution in [0.15, 0.2) is 22.9 Å². The molecular weight excluding hydrogens is 324 g/mol. The van der Waals surface area contributed by atoms with Crippen LogP contribution in [0.3, 0.4) is 0 Å². The Bertz CT molecular complexity index is 529. The van der Waals surface area contributed by atoms with Crippen LogP contribution >= 0.6 is 15.9 Å². The molecule has 2 aliphatic rings. The third-order valence-corrected chi connectivity index (χ3v) is 4.18. The Morgan fingerprint density at radius 2 is 1.95 bits per heavy atom. The van der Waals surface area contributed by atoms with Gasteiger partial charge >= 0.3 is 0 Å². The molecule has 5 nitrogen and oxygen atoms in total. The predicted octanol–water partition coefficient (Wildman–Crippen LogP) is 2.07. The van der Waals surface area contributed by atoms with Crippen molar-refractivity contribution < 1.29 is 14.3 Å². The molecule has 1 spiro atoms. The first-order valence-corrected chi connectivity index (χ1v) is 7.36. The van der Waals surface area contributed by atoms with Crippen LogP contribution in [0.5, 0.6) is 0 Å². The molecule has 0 bridgehead atoms. The summed E-state index contributed by atoms with van der Waals surface area (Å²) in [6.45, 7) is 6.45. The molecule has 1 aromatic rings. The maximum atomic E-state index is 12.3. The van der Waals surface area contributed by atoms with Gasteiger partial charge in [0.25, 0.3) is 5.91 Å². The zero-order valence-corrected chi connectivity index (χ0v) is 13.1. The van der Waals surface area contributed by atoms with E-state index in [1.165, 1.54) is 0 Å². The molecule has 0 aliphatic carbocycles. The Labute approximate surface area is 126 Å². The summed E-state index contributed by atoms with van der Waals surface area (Å²) in [6, 6.07) is 1.79. The van der Waals surface area contributed by atoms with Crippen LogP contribution in [0.2, 0.25) is 0 Å². The van der Waals surface area contributed by atoms with Crippen LogP contribution in [0, 0.1) is 5.41 Å². The van der Waals surface area contributed by atoms with Gasteiger partial charge in [0, 0.05) is 30.0 Å². The molecule has 3 heterocycles. The van der Waals surface area contributed by atoms with Crippen molar-refractivity contribution in [2.75, 3.05) is 26.3 Å². The van der Waals surface area contributed by atoms with Gasteiger partial charge in [-0.1, -0.05) is 0 Å². The monoisotopic (exact) mass is 340 g/mol. The van der Waals surface area contributed by atoms with E-state index in [4.69, 9.17) is 9.47 Å². The zero-order chi connectivity index (χ0) is 14.4. The molecule has 0 N–H and O–H groups in total. The summed E-state index contributed by atoms with van der Waals surface area (Å²) in [7, 11) is 0. The molecule has 0 unspecified atom stereocenters. The fourth-order valence-electron chi connectivity index (χ4n) is 2.54. The number of aromatic nitrogens is 1. The van der Waals surface area contributed by atoms with Gasteiger partial charge in [-0.15, -0.1) is 0 Å². The highest BCUT2D eigenvalue weighted by Crippen LogP contribution is 2.38. The topological polar surface area (TPSA) is 51.7 Å². The largest absolute Gasteiger partial charge is 0.350 e. The fraction of sp³-hybridized carbons (Fsp3) is 0.571. The maximum Gasteiger partial charge on any atom is 0.255 e. The number of rotatable bonds is 1. The fourth-order valence-corrected chi connectivity index (χ4v) is 2.90. The van der Waals surface area contributed by atoms with Gasteiger partial charge in [-0.3, -0.25) is 9.78 Å². The molecule has 0 atom stereocenters. The maximum absolute atomic E-state index is 12.3. The van der Waals surface area contributed by atoms with Gasteiger partial charge in [0.05, 0.1) is 24.2 Å². The number of hydrogen-bond donors (Lipinski definition) is 0. The molecule has 0 saturated carbocycles. The first-order chi connectivity index (χ1) is 9.39. The quantitative estimate of drug-likeness (QED) is 0.785. The number of carbonyl (C=O) groups is 1. The Morgan fingerprint density at radius 3 is 2.55 bits per heavy atom. The van der Waals surface area contributed by atoms with Crippen LogP contribution in [0.4, 0.5) is 0 Å². The summed E-state index contributed by atoms with van der Waals surface area (Å²) in [4.78, 5) is 18.2. The minimum Gasteiger partial charge on any atom is -0.350 e. The average molecular weight is 341 g/mol. The zero-order valence-electron chi connectivity index (χ0n) is 11.6. The Morgan fingerprint density at radius 1 is 1.30 bits per heavy atom. The van der Waals surface area contributed by atoms with Crippen molar-refractivity contribution in [3.05, 3.63) is 28.5 Å². The second kappa shape index (κ2) is 4.79. The number of amides is 1. The van der Waals surface area contributed by atoms with Crippen molar-refractivity contribution >= 4 is 21.8 Å². The minimum absolute atomic E-state index is 0.00857. The Balaban J connectivity index is 1.62. The van der Waals surface area contributed by atoms with Crippen LogP contribution in [0.25, 0.3) is 0 Å². The normalized spacial score (nSPS) is 23.4. The van der Waals surface area contributed by atoms with Crippen molar-refractivity contribution in [2.24, 2.45) is 5.41 Å². The molecule has 1 aromatic heterocycles. The van der Waals surface area contributed by atoms with Crippen molar-refractivity contribution in [1.82, 2.24) is 9.88 Å². The molecule has 6 heteroatoms. The SMILES string of the molecule is CC1(C)OCC2(CO1)CN(C(=O)c1cncc(Br)c1)C2. The second-order valence-corrected chi connectivity index (χ2v) is 6.95. The van der Waals surface area contributed by atoms with Crippen LogP contribution < -0.4 is 0 Å². The van der Waals surface area contributed by atoms with E-state index in [-0.39, 0.29) is 11.3 Å². The van der Waals surface area contributed by atoms with Crippen LogP contribution in [-0.4, -0.2) is 47.9 Å². The number of carbonyl (C=O) groups excluding carboxylic acids is 1. The van der Waals surface area contributed by atoms with E-state index in [1.54, 1.807) is 18.5 Å². The molecule has 108 valence electrons. The molecular formula is C14H17BrN2O3. The number of pyridine rings is 1. The summed E-state index contributed by atoms with van der Waals surface area (Å²) in [5.74, 6) is -0.501. The Kier molecular flexibility index (Phi) is 3.35. The standard InChI is InChI=1S/C14H17BrN2O3/c1-13(2)19-8-14(9-20-13)6-17(7-14)12(18)10-3-11(15)5-16-4-10/h3-5H,6-9H2,1-2H3. The van der Waals surface area contributed by atoms with Crippen molar-refractivity contribution in [3.8, 4) is 0 Å². The second-order valence-electron chi connectivity index (χ2n) is 6.03. The summed E-state index contributed by atoms with van der Waals surface area (Å²) < 4.78 is 12.2. The van der Waals surface area contributed by atoms with E-state index in [0.29, 0.717) is 31.9 Å². The van der Waals surface area contributed by atoms with Crippen LogP contribution in [0.1, 0.15) is 24.2 Å². The highest BCUT2D eigenvalue weighted by atomic mass is 79.9. The number of likely N-dealkylation sites (tertiary alicyclic amines) is 1. The van der Waals surface area contributed by atoms with Gasteiger partial charge in [-0.05, 0) is 35.8 Å². The van der Waals surface area contributed by atoms with E-state index in [9.17, 15) is 4.79 Å². The minimum atomic E-state index is -0.510. The predicted molar refractivity (Wildman–Crippen MR) is 76.3 cm³/mol. The number of hydrogen-bond acceptors (Lipinski definition) is 4. The van der Waals surface area contributed by atoms with Gasteiger partial charge < -0.3 is 14.4 Å². The highest BCUT2D eigenvalue weighted by molar-refractivity contribution is 9.10. The molecule has 0 aromatic carbocycles. The third-order valence-electron chi connectivity index (χ3n) is 3.74. The molecule has 2 saturated heterocycles. The smallest absolute Gasteiger partial charge is 0.255 e. The lowest BCUT2D eigenvalue weighted by atomic mass is 9.80. The van der Waals surface area contributed by atoms with Crippen molar-refractivity contribution in [1.29, 1.82) is 0 Å². The van der Waals surface area contributed by atoms with E-state index >= 15 is 0 Å². The molecule has 2 aliphatic heterocycles. The van der Waals surface area contributed by atoms with E-state index < -0.39 is 5.79 Å².